The molecule has 1 heterocycles. The summed E-state index contributed by atoms with van der Waals surface area (Å²) < 4.78 is 1.14. The molecular formula is C17H16BrN3. The number of nitrogens with zero attached hydrogens (tertiary/aromatic N) is 1. The molecule has 1 aliphatic carbocycles. The van der Waals surface area contributed by atoms with E-state index in [0.29, 0.717) is 12.0 Å². The van der Waals surface area contributed by atoms with Crippen LogP contribution >= 0.6 is 15.9 Å². The van der Waals surface area contributed by atoms with Crippen molar-refractivity contribution in [3.8, 4) is 0 Å². The van der Waals surface area contributed by atoms with E-state index in [-0.39, 0.29) is 0 Å². The highest BCUT2D eigenvalue weighted by molar-refractivity contribution is 9.10. The average Bonchev–Trinajstić information content (AvgIpc) is 2.93. The molecular weight excluding hydrogens is 326 g/mol. The lowest BCUT2D eigenvalue weighted by molar-refractivity contribution is 0.374. The molecule has 2 aromatic carbocycles. The number of halogens is 1. The smallest absolute Gasteiger partial charge is 0.0881 e. The molecule has 1 aliphatic rings. The number of anilines is 1. The number of nitrogens with one attached hydrogen (secondary N) is 2. The summed E-state index contributed by atoms with van der Waals surface area (Å²) in [7, 11) is 0. The summed E-state index contributed by atoms with van der Waals surface area (Å²) in [5.41, 5.74) is 3.70. The molecule has 3 aromatic rings. The van der Waals surface area contributed by atoms with Crippen LogP contribution in [0, 0.1) is 0 Å². The minimum Gasteiger partial charge on any atom is -0.381 e. The number of para-hydroxylation sites is 1. The van der Waals surface area contributed by atoms with Gasteiger partial charge in [0.25, 0.3) is 0 Å². The molecule has 1 fully saturated rings. The Labute approximate surface area is 131 Å². The van der Waals surface area contributed by atoms with Gasteiger partial charge in [-0.15, -0.1) is 0 Å². The molecule has 0 saturated heterocycles. The highest BCUT2D eigenvalue weighted by Gasteiger charge is 2.30. The SMILES string of the molecule is Brc1ccc(C2CC(Nc3cccc4cn[nH]c34)C2)cc1. The summed E-state index contributed by atoms with van der Waals surface area (Å²) in [6.07, 6.45) is 4.24. The Balaban J connectivity index is 1.44. The summed E-state index contributed by atoms with van der Waals surface area (Å²) in [5, 5.41) is 12.0. The first-order valence-corrected chi connectivity index (χ1v) is 8.03. The van der Waals surface area contributed by atoms with Crippen molar-refractivity contribution >= 4 is 32.5 Å². The van der Waals surface area contributed by atoms with E-state index in [4.69, 9.17) is 0 Å². The Morgan fingerprint density at radius 2 is 1.90 bits per heavy atom. The zero-order valence-electron chi connectivity index (χ0n) is 11.5. The maximum absolute atomic E-state index is 4.11. The number of benzene rings is 2. The molecule has 4 heteroatoms. The van der Waals surface area contributed by atoms with E-state index in [1.165, 1.54) is 18.4 Å². The zero-order chi connectivity index (χ0) is 14.2. The molecule has 1 aromatic heterocycles. The van der Waals surface area contributed by atoms with Gasteiger partial charge in [0.2, 0.25) is 0 Å². The first kappa shape index (κ1) is 12.9. The number of hydrogen-bond donors (Lipinski definition) is 2. The van der Waals surface area contributed by atoms with E-state index in [2.05, 4.69) is 73.9 Å². The zero-order valence-corrected chi connectivity index (χ0v) is 13.1. The fourth-order valence-corrected chi connectivity index (χ4v) is 3.32. The predicted molar refractivity (Wildman–Crippen MR) is 89.6 cm³/mol. The summed E-state index contributed by atoms with van der Waals surface area (Å²) >= 11 is 3.49. The van der Waals surface area contributed by atoms with Crippen LogP contribution in [0.1, 0.15) is 24.3 Å². The van der Waals surface area contributed by atoms with Gasteiger partial charge in [-0.05, 0) is 42.5 Å². The monoisotopic (exact) mass is 341 g/mol. The lowest BCUT2D eigenvalue weighted by atomic mass is 9.76. The van der Waals surface area contributed by atoms with Crippen LogP contribution in [0.25, 0.3) is 10.9 Å². The number of aromatic amines is 1. The summed E-state index contributed by atoms with van der Waals surface area (Å²) in [5.74, 6) is 0.677. The molecule has 21 heavy (non-hydrogen) atoms. The Kier molecular flexibility index (Phi) is 3.19. The lowest BCUT2D eigenvalue weighted by Crippen LogP contribution is -2.34. The van der Waals surface area contributed by atoms with Crippen molar-refractivity contribution < 1.29 is 0 Å². The molecule has 106 valence electrons. The number of H-pyrrole nitrogens is 1. The van der Waals surface area contributed by atoms with Gasteiger partial charge in [-0.2, -0.15) is 5.10 Å². The molecule has 0 amide bonds. The molecule has 4 rings (SSSR count). The third-order valence-corrected chi connectivity index (χ3v) is 4.84. The largest absolute Gasteiger partial charge is 0.381 e. The Morgan fingerprint density at radius 3 is 2.71 bits per heavy atom. The number of hydrogen-bond acceptors (Lipinski definition) is 2. The standard InChI is InChI=1S/C17H16BrN3/c18-14-6-4-11(5-7-14)13-8-15(9-13)20-16-3-1-2-12-10-19-21-17(12)16/h1-7,10,13,15,20H,8-9H2,(H,19,21). The van der Waals surface area contributed by atoms with Gasteiger partial charge in [0.15, 0.2) is 0 Å². The molecule has 0 unspecified atom stereocenters. The first-order valence-electron chi connectivity index (χ1n) is 7.24. The van der Waals surface area contributed by atoms with Crippen molar-refractivity contribution in [3.05, 3.63) is 58.7 Å². The third-order valence-electron chi connectivity index (χ3n) is 4.32. The second-order valence-electron chi connectivity index (χ2n) is 5.70. The quantitative estimate of drug-likeness (QED) is 0.725. The van der Waals surface area contributed by atoms with E-state index in [9.17, 15) is 0 Å². The molecule has 0 radical (unpaired) electrons. The highest BCUT2D eigenvalue weighted by atomic mass is 79.9. The Hall–Kier alpha value is -1.81. The normalized spacial score (nSPS) is 21.2. The van der Waals surface area contributed by atoms with Gasteiger partial charge in [-0.3, -0.25) is 5.10 Å². The van der Waals surface area contributed by atoms with Crippen LogP contribution in [-0.4, -0.2) is 16.2 Å². The van der Waals surface area contributed by atoms with Gasteiger partial charge in [0.05, 0.1) is 17.4 Å². The number of aromatic nitrogens is 2. The van der Waals surface area contributed by atoms with Crippen molar-refractivity contribution in [2.24, 2.45) is 0 Å². The highest BCUT2D eigenvalue weighted by Crippen LogP contribution is 2.39. The van der Waals surface area contributed by atoms with Crippen LogP contribution in [-0.2, 0) is 0 Å². The minimum absolute atomic E-state index is 0.549. The average molecular weight is 342 g/mol. The second-order valence-corrected chi connectivity index (χ2v) is 6.62. The van der Waals surface area contributed by atoms with Crippen LogP contribution in [0.2, 0.25) is 0 Å². The van der Waals surface area contributed by atoms with Gasteiger partial charge in [-0.1, -0.05) is 40.2 Å². The van der Waals surface area contributed by atoms with Gasteiger partial charge >= 0.3 is 0 Å². The minimum atomic E-state index is 0.549. The van der Waals surface area contributed by atoms with Crippen molar-refractivity contribution in [1.29, 1.82) is 0 Å². The molecule has 0 aliphatic heterocycles. The molecule has 1 saturated carbocycles. The van der Waals surface area contributed by atoms with Gasteiger partial charge in [-0.25, -0.2) is 0 Å². The van der Waals surface area contributed by atoms with Gasteiger partial charge < -0.3 is 5.32 Å². The second kappa shape index (κ2) is 5.19. The predicted octanol–water partition coefficient (Wildman–Crippen LogP) is 4.68. The maximum atomic E-state index is 4.11. The molecule has 0 atom stereocenters. The van der Waals surface area contributed by atoms with Crippen molar-refractivity contribution in [2.45, 2.75) is 24.8 Å². The molecule has 0 spiro atoms. The van der Waals surface area contributed by atoms with Crippen LogP contribution in [0.15, 0.2) is 53.1 Å². The van der Waals surface area contributed by atoms with Gasteiger partial charge in [0.1, 0.15) is 0 Å². The number of fused-ring (bicyclic) bond motifs is 1. The maximum Gasteiger partial charge on any atom is 0.0881 e. The van der Waals surface area contributed by atoms with Crippen LogP contribution in [0.3, 0.4) is 0 Å². The fraction of sp³-hybridized carbons (Fsp3) is 0.235. The topological polar surface area (TPSA) is 40.7 Å². The Morgan fingerprint density at radius 1 is 1.10 bits per heavy atom. The fourth-order valence-electron chi connectivity index (χ4n) is 3.05. The number of rotatable bonds is 3. The van der Waals surface area contributed by atoms with Crippen molar-refractivity contribution in [3.63, 3.8) is 0 Å². The summed E-state index contributed by atoms with van der Waals surface area (Å²) in [6, 6.07) is 15.5. The third kappa shape index (κ3) is 2.44. The molecule has 2 N–H and O–H groups in total. The van der Waals surface area contributed by atoms with Crippen LogP contribution < -0.4 is 5.32 Å². The van der Waals surface area contributed by atoms with E-state index in [1.54, 1.807) is 0 Å². The molecule has 0 bridgehead atoms. The summed E-state index contributed by atoms with van der Waals surface area (Å²) in [6.45, 7) is 0. The van der Waals surface area contributed by atoms with E-state index in [1.807, 2.05) is 6.20 Å². The van der Waals surface area contributed by atoms with Crippen molar-refractivity contribution in [2.75, 3.05) is 5.32 Å². The van der Waals surface area contributed by atoms with Crippen molar-refractivity contribution in [1.82, 2.24) is 10.2 Å². The van der Waals surface area contributed by atoms with E-state index >= 15 is 0 Å². The van der Waals surface area contributed by atoms with E-state index < -0.39 is 0 Å². The first-order chi connectivity index (χ1) is 10.3. The summed E-state index contributed by atoms with van der Waals surface area (Å²) in [4.78, 5) is 0. The Bertz CT molecular complexity index is 757. The molecule has 3 nitrogen and oxygen atoms in total. The van der Waals surface area contributed by atoms with Crippen LogP contribution in [0.5, 0.6) is 0 Å². The van der Waals surface area contributed by atoms with Crippen LogP contribution in [0.4, 0.5) is 5.69 Å². The van der Waals surface area contributed by atoms with Gasteiger partial charge in [0, 0.05) is 15.9 Å². The lowest BCUT2D eigenvalue weighted by Gasteiger charge is -2.37. The van der Waals surface area contributed by atoms with E-state index in [0.717, 1.165) is 21.1 Å².